The Balaban J connectivity index is 2.08. The van der Waals surface area contributed by atoms with Gasteiger partial charge in [0, 0.05) is 6.61 Å². The summed E-state index contributed by atoms with van der Waals surface area (Å²) < 4.78 is 7.13. The summed E-state index contributed by atoms with van der Waals surface area (Å²) in [5.74, 6) is -0.303. The van der Waals surface area contributed by atoms with E-state index in [9.17, 15) is 9.90 Å². The van der Waals surface area contributed by atoms with Gasteiger partial charge in [0.05, 0.1) is 12.5 Å². The zero-order valence-electron chi connectivity index (χ0n) is 11.3. The van der Waals surface area contributed by atoms with Gasteiger partial charge in [0.2, 0.25) is 0 Å². The van der Waals surface area contributed by atoms with Gasteiger partial charge in [0.1, 0.15) is 6.10 Å². The summed E-state index contributed by atoms with van der Waals surface area (Å²) in [5, 5.41) is 20.8. The molecule has 0 saturated carbocycles. The van der Waals surface area contributed by atoms with Gasteiger partial charge in [-0.15, -0.1) is 5.10 Å². The Morgan fingerprint density at radius 1 is 1.58 bits per heavy atom. The molecule has 1 aromatic rings. The zero-order chi connectivity index (χ0) is 13.8. The van der Waals surface area contributed by atoms with Crippen molar-refractivity contribution < 1.29 is 14.6 Å². The Hall–Kier alpha value is -1.50. The Morgan fingerprint density at radius 3 is 2.95 bits per heavy atom. The number of carboxylic acids is 1. The maximum atomic E-state index is 11.3. The molecule has 7 nitrogen and oxygen atoms in total. The molecule has 0 aromatic carbocycles. The molecule has 2 atom stereocenters. The molecular weight excluding hydrogens is 248 g/mol. The van der Waals surface area contributed by atoms with Crippen LogP contribution in [0.15, 0.2) is 0 Å². The predicted octanol–water partition coefficient (Wildman–Crippen LogP) is 1.27. The molecule has 0 amide bonds. The van der Waals surface area contributed by atoms with Gasteiger partial charge in [-0.2, -0.15) is 0 Å². The number of nitrogens with zero attached hydrogens (tertiary/aromatic N) is 4. The summed E-state index contributed by atoms with van der Waals surface area (Å²) >= 11 is 0. The van der Waals surface area contributed by atoms with Gasteiger partial charge in [-0.1, -0.05) is 13.8 Å². The molecule has 106 valence electrons. The van der Waals surface area contributed by atoms with Crippen LogP contribution in [-0.4, -0.2) is 37.9 Å². The highest BCUT2D eigenvalue weighted by atomic mass is 16.5. The second kappa shape index (κ2) is 6.10. The Kier molecular flexibility index (Phi) is 4.47. The van der Waals surface area contributed by atoms with E-state index < -0.39 is 11.9 Å². The molecule has 7 heteroatoms. The van der Waals surface area contributed by atoms with Crippen LogP contribution in [0.3, 0.4) is 0 Å². The van der Waals surface area contributed by atoms with Crippen LogP contribution in [0.4, 0.5) is 0 Å². The normalized spacial score (nSPS) is 20.9. The zero-order valence-corrected chi connectivity index (χ0v) is 11.3. The van der Waals surface area contributed by atoms with Crippen LogP contribution in [0, 0.1) is 11.8 Å². The van der Waals surface area contributed by atoms with Crippen molar-refractivity contribution in [1.82, 2.24) is 20.2 Å². The molecule has 1 N–H and O–H groups in total. The molecule has 2 unspecified atom stereocenters. The van der Waals surface area contributed by atoms with E-state index in [0.29, 0.717) is 31.3 Å². The van der Waals surface area contributed by atoms with Gasteiger partial charge in [-0.3, -0.25) is 4.79 Å². The third-order valence-corrected chi connectivity index (χ3v) is 3.28. The van der Waals surface area contributed by atoms with E-state index in [2.05, 4.69) is 15.5 Å². The third-order valence-electron chi connectivity index (χ3n) is 3.28. The van der Waals surface area contributed by atoms with Crippen molar-refractivity contribution >= 4 is 5.97 Å². The third kappa shape index (κ3) is 3.50. The van der Waals surface area contributed by atoms with E-state index in [-0.39, 0.29) is 6.10 Å². The number of tetrazole rings is 1. The van der Waals surface area contributed by atoms with Crippen LogP contribution in [0.25, 0.3) is 0 Å². The first-order valence-corrected chi connectivity index (χ1v) is 6.68. The number of carbonyl (C=O) groups is 1. The number of hydrogen-bond donors (Lipinski definition) is 1. The summed E-state index contributed by atoms with van der Waals surface area (Å²) in [7, 11) is 0. The van der Waals surface area contributed by atoms with Gasteiger partial charge in [-0.05, 0) is 35.6 Å². The summed E-state index contributed by atoms with van der Waals surface area (Å²) in [5.41, 5.74) is 0. The molecule has 1 aliphatic heterocycles. The van der Waals surface area contributed by atoms with E-state index in [1.54, 1.807) is 4.68 Å². The molecule has 0 spiro atoms. The molecule has 1 aromatic heterocycles. The number of hydrogen-bond acceptors (Lipinski definition) is 5. The first-order chi connectivity index (χ1) is 9.08. The van der Waals surface area contributed by atoms with Crippen molar-refractivity contribution in [3.05, 3.63) is 5.82 Å². The average Bonchev–Trinajstić information content (AvgIpc) is 2.96. The maximum Gasteiger partial charge on any atom is 0.308 e. The first-order valence-electron chi connectivity index (χ1n) is 6.68. The Labute approximate surface area is 111 Å². The summed E-state index contributed by atoms with van der Waals surface area (Å²) in [6.07, 6.45) is 2.40. The fourth-order valence-corrected chi connectivity index (χ4v) is 2.38. The maximum absolute atomic E-state index is 11.3. The minimum Gasteiger partial charge on any atom is -0.481 e. The number of rotatable bonds is 6. The van der Waals surface area contributed by atoms with Crippen LogP contribution >= 0.6 is 0 Å². The molecule has 19 heavy (non-hydrogen) atoms. The molecular formula is C12H20N4O3. The van der Waals surface area contributed by atoms with Crippen molar-refractivity contribution in [2.75, 3.05) is 6.61 Å². The lowest BCUT2D eigenvalue weighted by Crippen LogP contribution is -2.24. The monoisotopic (exact) mass is 268 g/mol. The predicted molar refractivity (Wildman–Crippen MR) is 66.3 cm³/mol. The van der Waals surface area contributed by atoms with E-state index in [4.69, 9.17) is 4.74 Å². The highest BCUT2D eigenvalue weighted by Crippen LogP contribution is 2.27. The van der Waals surface area contributed by atoms with E-state index in [1.165, 1.54) is 0 Å². The molecule has 0 radical (unpaired) electrons. The van der Waals surface area contributed by atoms with Gasteiger partial charge >= 0.3 is 5.97 Å². The molecule has 0 aliphatic carbocycles. The fraction of sp³-hybridized carbons (Fsp3) is 0.833. The molecule has 2 heterocycles. The standard InChI is InChI=1S/C12H20N4O3/c1-8(2)6-9(12(17)18)7-16-11(13-14-15-16)10-4-3-5-19-10/h8-10H,3-7H2,1-2H3,(H,17,18). The van der Waals surface area contributed by atoms with Gasteiger partial charge in [0.15, 0.2) is 5.82 Å². The van der Waals surface area contributed by atoms with Crippen LogP contribution in [0.2, 0.25) is 0 Å². The van der Waals surface area contributed by atoms with Crippen molar-refractivity contribution in [2.24, 2.45) is 11.8 Å². The fourth-order valence-electron chi connectivity index (χ4n) is 2.38. The number of ether oxygens (including phenoxy) is 1. The minimum absolute atomic E-state index is 0.0940. The second-order valence-corrected chi connectivity index (χ2v) is 5.39. The number of aromatic nitrogens is 4. The van der Waals surface area contributed by atoms with Crippen molar-refractivity contribution in [3.8, 4) is 0 Å². The Morgan fingerprint density at radius 2 is 2.37 bits per heavy atom. The van der Waals surface area contributed by atoms with E-state index in [1.807, 2.05) is 13.8 Å². The SMILES string of the molecule is CC(C)CC(Cn1nnnc1C1CCCO1)C(=O)O. The van der Waals surface area contributed by atoms with Gasteiger partial charge in [0.25, 0.3) is 0 Å². The van der Waals surface area contributed by atoms with Gasteiger partial charge in [-0.25, -0.2) is 4.68 Å². The van der Waals surface area contributed by atoms with Crippen LogP contribution < -0.4 is 0 Å². The van der Waals surface area contributed by atoms with Crippen molar-refractivity contribution in [2.45, 2.75) is 45.8 Å². The number of aliphatic carboxylic acids is 1. The largest absolute Gasteiger partial charge is 0.481 e. The van der Waals surface area contributed by atoms with Crippen LogP contribution in [0.1, 0.15) is 45.0 Å². The quantitative estimate of drug-likeness (QED) is 0.835. The lowest BCUT2D eigenvalue weighted by atomic mass is 9.97. The molecule has 0 bridgehead atoms. The minimum atomic E-state index is -0.803. The van der Waals surface area contributed by atoms with Gasteiger partial charge < -0.3 is 9.84 Å². The smallest absolute Gasteiger partial charge is 0.308 e. The van der Waals surface area contributed by atoms with E-state index in [0.717, 1.165) is 12.8 Å². The molecule has 1 saturated heterocycles. The highest BCUT2D eigenvalue weighted by molar-refractivity contribution is 5.69. The molecule has 1 aliphatic rings. The van der Waals surface area contributed by atoms with Crippen molar-refractivity contribution in [1.29, 1.82) is 0 Å². The van der Waals surface area contributed by atoms with E-state index >= 15 is 0 Å². The van der Waals surface area contributed by atoms with Crippen molar-refractivity contribution in [3.63, 3.8) is 0 Å². The summed E-state index contributed by atoms with van der Waals surface area (Å²) in [4.78, 5) is 11.3. The lowest BCUT2D eigenvalue weighted by Gasteiger charge is -2.16. The number of carboxylic acid groups (broad SMARTS) is 1. The summed E-state index contributed by atoms with van der Waals surface area (Å²) in [6, 6.07) is 0. The molecule has 1 fully saturated rings. The average molecular weight is 268 g/mol. The summed E-state index contributed by atoms with van der Waals surface area (Å²) in [6.45, 7) is 5.04. The van der Waals surface area contributed by atoms with Crippen LogP contribution in [0.5, 0.6) is 0 Å². The first kappa shape index (κ1) is 13.9. The molecule has 2 rings (SSSR count). The lowest BCUT2D eigenvalue weighted by molar-refractivity contribution is -0.143. The van der Waals surface area contributed by atoms with Crippen LogP contribution in [-0.2, 0) is 16.1 Å². The Bertz CT molecular complexity index is 426. The highest BCUT2D eigenvalue weighted by Gasteiger charge is 2.27. The second-order valence-electron chi connectivity index (χ2n) is 5.39. The topological polar surface area (TPSA) is 90.1 Å².